The van der Waals surface area contributed by atoms with E-state index < -0.39 is 9.28 Å². The van der Waals surface area contributed by atoms with Crippen molar-refractivity contribution in [2.24, 2.45) is 0 Å². The smallest absolute Gasteiger partial charge is 0.310 e. The molecule has 0 aliphatic rings. The Morgan fingerprint density at radius 1 is 1.50 bits per heavy atom. The molecule has 1 unspecified atom stereocenters. The van der Waals surface area contributed by atoms with E-state index in [0.717, 1.165) is 23.1 Å². The van der Waals surface area contributed by atoms with Crippen molar-refractivity contribution in [2.45, 2.75) is 19.9 Å². The Kier molecular flexibility index (Phi) is 5.73. The lowest BCUT2D eigenvalue weighted by Crippen LogP contribution is -2.19. The van der Waals surface area contributed by atoms with Gasteiger partial charge in [-0.15, -0.1) is 0 Å². The molecule has 0 radical (unpaired) electrons. The van der Waals surface area contributed by atoms with Gasteiger partial charge in [0.15, 0.2) is 0 Å². The molecule has 1 atom stereocenters. The second kappa shape index (κ2) is 5.49. The summed E-state index contributed by atoms with van der Waals surface area (Å²) < 4.78 is 10.5. The minimum Gasteiger partial charge on any atom is -0.447 e. The summed E-state index contributed by atoms with van der Waals surface area (Å²) in [4.78, 5) is 0. The second-order valence-electron chi connectivity index (χ2n) is 1.53. The van der Waals surface area contributed by atoms with E-state index in [9.17, 15) is 0 Å². The molecular formula is C4H14O2Si2. The first-order valence-corrected chi connectivity index (χ1v) is 5.57. The van der Waals surface area contributed by atoms with Crippen molar-refractivity contribution in [3.05, 3.63) is 0 Å². The first kappa shape index (κ1) is 8.35. The molecule has 0 saturated heterocycles. The standard InChI is InChI=1S/C4H14O2Si2/c1-3-5-8(4-2)6-7/h8H,3-4H2,1-2,7H3. The van der Waals surface area contributed by atoms with Crippen LogP contribution in [0.15, 0.2) is 0 Å². The van der Waals surface area contributed by atoms with E-state index in [0.29, 0.717) is 0 Å². The predicted octanol–water partition coefficient (Wildman–Crippen LogP) is -0.440. The molecule has 0 bridgehead atoms. The van der Waals surface area contributed by atoms with E-state index in [2.05, 4.69) is 6.92 Å². The molecule has 0 saturated carbocycles. The summed E-state index contributed by atoms with van der Waals surface area (Å²) in [5, 5.41) is 0. The average Bonchev–Trinajstić information content (AvgIpc) is 1.83. The fourth-order valence-corrected chi connectivity index (χ4v) is 3.02. The highest BCUT2D eigenvalue weighted by molar-refractivity contribution is 6.48. The molecule has 0 rings (SSSR count). The molecule has 0 aromatic carbocycles. The highest BCUT2D eigenvalue weighted by Crippen LogP contribution is 1.91. The zero-order valence-electron chi connectivity index (χ0n) is 5.81. The Balaban J connectivity index is 3.07. The largest absolute Gasteiger partial charge is 0.447 e. The Morgan fingerprint density at radius 3 is 2.25 bits per heavy atom. The molecule has 0 aromatic heterocycles. The van der Waals surface area contributed by atoms with E-state index in [1.807, 2.05) is 6.92 Å². The third-order valence-corrected chi connectivity index (χ3v) is 4.42. The van der Waals surface area contributed by atoms with Crippen molar-refractivity contribution < 1.29 is 8.54 Å². The molecule has 50 valence electrons. The van der Waals surface area contributed by atoms with E-state index >= 15 is 0 Å². The SMILES string of the molecule is CCO[SiH](CC)O[SiH3]. The van der Waals surface area contributed by atoms with Crippen molar-refractivity contribution in [1.82, 2.24) is 0 Å². The maximum atomic E-state index is 5.29. The number of hydrogen-bond acceptors (Lipinski definition) is 2. The third-order valence-electron chi connectivity index (χ3n) is 0.949. The van der Waals surface area contributed by atoms with Crippen LogP contribution in [0.2, 0.25) is 6.04 Å². The van der Waals surface area contributed by atoms with Crippen molar-refractivity contribution in [2.75, 3.05) is 6.61 Å². The van der Waals surface area contributed by atoms with Gasteiger partial charge in [-0.05, 0) is 13.0 Å². The summed E-state index contributed by atoms with van der Waals surface area (Å²) >= 11 is 0. The molecule has 8 heavy (non-hydrogen) atoms. The van der Waals surface area contributed by atoms with Gasteiger partial charge >= 0.3 is 9.28 Å². The number of rotatable bonds is 4. The first-order chi connectivity index (χ1) is 3.85. The fraction of sp³-hybridized carbons (Fsp3) is 1.00. The normalized spacial score (nSPS) is 14.2. The second-order valence-corrected chi connectivity index (χ2v) is 5.42. The summed E-state index contributed by atoms with van der Waals surface area (Å²) in [6.45, 7) is 4.94. The van der Waals surface area contributed by atoms with Gasteiger partial charge in [0.05, 0.1) is 0 Å². The molecule has 0 fully saturated rings. The van der Waals surface area contributed by atoms with Gasteiger partial charge < -0.3 is 8.54 Å². The van der Waals surface area contributed by atoms with Gasteiger partial charge in [0, 0.05) is 6.61 Å². The van der Waals surface area contributed by atoms with E-state index in [4.69, 9.17) is 8.54 Å². The lowest BCUT2D eigenvalue weighted by Gasteiger charge is -2.09. The fourth-order valence-electron chi connectivity index (χ4n) is 0.538. The molecule has 0 N–H and O–H groups in total. The van der Waals surface area contributed by atoms with E-state index in [1.165, 1.54) is 0 Å². The number of hydrogen-bond donors (Lipinski definition) is 0. The van der Waals surface area contributed by atoms with Crippen LogP contribution in [0.5, 0.6) is 0 Å². The van der Waals surface area contributed by atoms with Crippen LogP contribution in [0, 0.1) is 0 Å². The van der Waals surface area contributed by atoms with Crippen LogP contribution < -0.4 is 0 Å². The van der Waals surface area contributed by atoms with Crippen LogP contribution >= 0.6 is 0 Å². The minimum atomic E-state index is -1.13. The van der Waals surface area contributed by atoms with Crippen LogP contribution in [0.4, 0.5) is 0 Å². The van der Waals surface area contributed by atoms with Crippen LogP contribution in [0.1, 0.15) is 13.8 Å². The van der Waals surface area contributed by atoms with Crippen LogP contribution in [0.3, 0.4) is 0 Å². The van der Waals surface area contributed by atoms with E-state index in [-0.39, 0.29) is 0 Å². The van der Waals surface area contributed by atoms with Crippen LogP contribution in [-0.2, 0) is 8.54 Å². The highest BCUT2D eigenvalue weighted by Gasteiger charge is 2.03. The molecule has 0 aromatic rings. The zero-order chi connectivity index (χ0) is 6.41. The highest BCUT2D eigenvalue weighted by atomic mass is 28.3. The Labute approximate surface area is 55.6 Å². The molecule has 4 heteroatoms. The van der Waals surface area contributed by atoms with Crippen molar-refractivity contribution in [3.63, 3.8) is 0 Å². The van der Waals surface area contributed by atoms with Gasteiger partial charge in [0.2, 0.25) is 0 Å². The summed E-state index contributed by atoms with van der Waals surface area (Å²) in [6, 6.07) is 1.09. The maximum Gasteiger partial charge on any atom is 0.310 e. The monoisotopic (exact) mass is 150 g/mol. The van der Waals surface area contributed by atoms with Gasteiger partial charge in [0.25, 0.3) is 0 Å². The third kappa shape index (κ3) is 3.37. The lowest BCUT2D eigenvalue weighted by molar-refractivity contribution is 0.289. The van der Waals surface area contributed by atoms with Crippen LogP contribution in [0.25, 0.3) is 0 Å². The van der Waals surface area contributed by atoms with Gasteiger partial charge in [-0.2, -0.15) is 0 Å². The average molecular weight is 150 g/mol. The van der Waals surface area contributed by atoms with Gasteiger partial charge in [-0.25, -0.2) is 0 Å². The first-order valence-electron chi connectivity index (χ1n) is 2.99. The van der Waals surface area contributed by atoms with Crippen molar-refractivity contribution in [3.8, 4) is 0 Å². The van der Waals surface area contributed by atoms with Gasteiger partial charge in [-0.1, -0.05) is 6.92 Å². The molecular weight excluding hydrogens is 136 g/mol. The van der Waals surface area contributed by atoms with Crippen molar-refractivity contribution in [1.29, 1.82) is 0 Å². The zero-order valence-corrected chi connectivity index (χ0v) is 8.96. The molecule has 0 aliphatic carbocycles. The maximum absolute atomic E-state index is 5.29. The Hall–Kier alpha value is 0.354. The van der Waals surface area contributed by atoms with Crippen molar-refractivity contribution >= 4 is 19.8 Å². The summed E-state index contributed by atoms with van der Waals surface area (Å²) in [5.41, 5.74) is 0. The van der Waals surface area contributed by atoms with Gasteiger partial charge in [0.1, 0.15) is 10.5 Å². The van der Waals surface area contributed by atoms with E-state index in [1.54, 1.807) is 0 Å². The molecule has 0 amide bonds. The Morgan fingerprint density at radius 2 is 2.12 bits per heavy atom. The minimum absolute atomic E-state index is 0.812. The predicted molar refractivity (Wildman–Crippen MR) is 40.3 cm³/mol. The molecule has 0 heterocycles. The van der Waals surface area contributed by atoms with Gasteiger partial charge in [-0.3, -0.25) is 0 Å². The molecule has 0 aliphatic heterocycles. The summed E-state index contributed by atoms with van der Waals surface area (Å²) in [7, 11) is -0.298. The molecule has 2 nitrogen and oxygen atoms in total. The molecule has 0 spiro atoms. The summed E-state index contributed by atoms with van der Waals surface area (Å²) in [6.07, 6.45) is 0. The lowest BCUT2D eigenvalue weighted by atomic mass is 10.9. The topological polar surface area (TPSA) is 18.5 Å². The van der Waals surface area contributed by atoms with Crippen LogP contribution in [-0.4, -0.2) is 26.4 Å². The summed E-state index contributed by atoms with van der Waals surface area (Å²) in [5.74, 6) is 0. The Bertz CT molecular complexity index is 47.3. The quantitative estimate of drug-likeness (QED) is 0.506.